The van der Waals surface area contributed by atoms with Gasteiger partial charge in [0.1, 0.15) is 11.6 Å². The summed E-state index contributed by atoms with van der Waals surface area (Å²) in [5.41, 5.74) is -0.118. The van der Waals surface area contributed by atoms with Crippen LogP contribution < -0.4 is 0 Å². The summed E-state index contributed by atoms with van der Waals surface area (Å²) in [6.07, 6.45) is 0.411. The molecule has 1 rings (SSSR count). The molecule has 1 aromatic rings. The lowest BCUT2D eigenvalue weighted by Gasteiger charge is -2.08. The van der Waals surface area contributed by atoms with Crippen LogP contribution in [0.4, 0.5) is 8.78 Å². The van der Waals surface area contributed by atoms with E-state index in [0.29, 0.717) is 6.42 Å². The lowest BCUT2D eigenvalue weighted by Crippen LogP contribution is -2.01. The molecule has 1 unspecified atom stereocenters. The predicted molar refractivity (Wildman–Crippen MR) is 45.0 cm³/mol. The molecule has 1 aromatic carbocycles. The van der Waals surface area contributed by atoms with Gasteiger partial charge in [-0.15, -0.1) is 0 Å². The molecule has 0 aromatic heterocycles. The third-order valence-electron chi connectivity index (χ3n) is 1.91. The first-order chi connectivity index (χ1) is 6.20. The molecule has 0 aliphatic rings. The average Bonchev–Trinajstić information content (AvgIpc) is 2.11. The Hall–Kier alpha value is -1.43. The number of benzene rings is 1. The van der Waals surface area contributed by atoms with Gasteiger partial charge in [-0.05, 0) is 18.6 Å². The van der Waals surface area contributed by atoms with Gasteiger partial charge in [-0.3, -0.25) is 0 Å². The molecule has 0 aliphatic carbocycles. The zero-order valence-electron chi connectivity index (χ0n) is 7.22. The Bertz CT molecular complexity index is 321. The minimum absolute atomic E-state index is 0.118. The summed E-state index contributed by atoms with van der Waals surface area (Å²) >= 11 is 0. The van der Waals surface area contributed by atoms with Crippen molar-refractivity contribution >= 4 is 0 Å². The molecule has 1 atom stereocenters. The van der Waals surface area contributed by atoms with Gasteiger partial charge >= 0.3 is 0 Å². The van der Waals surface area contributed by atoms with E-state index < -0.39 is 17.6 Å². The molecule has 0 radical (unpaired) electrons. The number of rotatable bonds is 2. The van der Waals surface area contributed by atoms with E-state index in [1.807, 2.05) is 6.07 Å². The second-order valence-corrected chi connectivity index (χ2v) is 2.73. The molecule has 0 saturated heterocycles. The van der Waals surface area contributed by atoms with Gasteiger partial charge in [-0.2, -0.15) is 5.26 Å². The highest BCUT2D eigenvalue weighted by Gasteiger charge is 2.17. The summed E-state index contributed by atoms with van der Waals surface area (Å²) in [6, 6.07) is 5.49. The second kappa shape index (κ2) is 3.99. The number of hydrogen-bond donors (Lipinski definition) is 0. The summed E-state index contributed by atoms with van der Waals surface area (Å²) < 4.78 is 26.2. The van der Waals surface area contributed by atoms with Crippen LogP contribution in [0.5, 0.6) is 0 Å². The molecule has 1 nitrogen and oxygen atoms in total. The van der Waals surface area contributed by atoms with Crippen molar-refractivity contribution < 1.29 is 8.78 Å². The summed E-state index contributed by atoms with van der Waals surface area (Å²) in [7, 11) is 0. The normalized spacial score (nSPS) is 12.2. The zero-order chi connectivity index (χ0) is 9.84. The molecule has 68 valence electrons. The van der Waals surface area contributed by atoms with Crippen molar-refractivity contribution in [3.05, 3.63) is 35.4 Å². The van der Waals surface area contributed by atoms with E-state index >= 15 is 0 Å². The van der Waals surface area contributed by atoms with Crippen LogP contribution in [0, 0.1) is 23.0 Å². The first-order valence-electron chi connectivity index (χ1n) is 4.04. The third kappa shape index (κ3) is 1.83. The third-order valence-corrected chi connectivity index (χ3v) is 1.91. The smallest absolute Gasteiger partial charge is 0.130 e. The van der Waals surface area contributed by atoms with E-state index in [2.05, 4.69) is 0 Å². The molecule has 0 heterocycles. The van der Waals surface area contributed by atoms with Crippen LogP contribution in [0.15, 0.2) is 18.2 Å². The minimum atomic E-state index is -0.693. The van der Waals surface area contributed by atoms with Crippen LogP contribution in [0.2, 0.25) is 0 Å². The minimum Gasteiger partial charge on any atom is -0.207 e. The van der Waals surface area contributed by atoms with Gasteiger partial charge in [-0.25, -0.2) is 8.78 Å². The SMILES string of the molecule is CCC(C#N)c1c(F)cccc1F. The van der Waals surface area contributed by atoms with E-state index in [4.69, 9.17) is 5.26 Å². The Kier molecular flexibility index (Phi) is 2.97. The second-order valence-electron chi connectivity index (χ2n) is 2.73. The van der Waals surface area contributed by atoms with Crippen molar-refractivity contribution in [1.82, 2.24) is 0 Å². The van der Waals surface area contributed by atoms with Crippen molar-refractivity contribution in [2.75, 3.05) is 0 Å². The van der Waals surface area contributed by atoms with Gasteiger partial charge in [0.05, 0.1) is 12.0 Å². The number of nitrogens with zero attached hydrogens (tertiary/aromatic N) is 1. The van der Waals surface area contributed by atoms with E-state index in [0.717, 1.165) is 0 Å². The first-order valence-corrected chi connectivity index (χ1v) is 4.04. The van der Waals surface area contributed by atoms with Crippen LogP contribution in [0.25, 0.3) is 0 Å². The molecule has 0 bridgehead atoms. The fourth-order valence-electron chi connectivity index (χ4n) is 1.20. The summed E-state index contributed by atoms with van der Waals surface area (Å²) in [6.45, 7) is 1.72. The van der Waals surface area contributed by atoms with Gasteiger partial charge < -0.3 is 0 Å². The largest absolute Gasteiger partial charge is 0.207 e. The van der Waals surface area contributed by atoms with Gasteiger partial charge in [0.25, 0.3) is 0 Å². The summed E-state index contributed by atoms with van der Waals surface area (Å²) in [4.78, 5) is 0. The fraction of sp³-hybridized carbons (Fsp3) is 0.300. The number of halogens is 2. The standard InChI is InChI=1S/C10H9F2N/c1-2-7(6-13)10-8(11)4-3-5-9(10)12/h3-5,7H,2H2,1H3. The maximum Gasteiger partial charge on any atom is 0.130 e. The monoisotopic (exact) mass is 181 g/mol. The molecule has 0 aliphatic heterocycles. The topological polar surface area (TPSA) is 23.8 Å². The zero-order valence-corrected chi connectivity index (χ0v) is 7.22. The fourth-order valence-corrected chi connectivity index (χ4v) is 1.20. The van der Waals surface area contributed by atoms with E-state index in [-0.39, 0.29) is 5.56 Å². The Morgan fingerprint density at radius 3 is 2.31 bits per heavy atom. The lowest BCUT2D eigenvalue weighted by atomic mass is 9.97. The average molecular weight is 181 g/mol. The van der Waals surface area contributed by atoms with Crippen LogP contribution in [-0.4, -0.2) is 0 Å². The molecule has 13 heavy (non-hydrogen) atoms. The maximum atomic E-state index is 13.1. The number of hydrogen-bond acceptors (Lipinski definition) is 1. The highest BCUT2D eigenvalue weighted by Crippen LogP contribution is 2.24. The Balaban J connectivity index is 3.20. The van der Waals surface area contributed by atoms with Crippen LogP contribution in [0.1, 0.15) is 24.8 Å². The first kappa shape index (κ1) is 9.66. The lowest BCUT2D eigenvalue weighted by molar-refractivity contribution is 0.542. The molecule has 3 heteroatoms. The van der Waals surface area contributed by atoms with Gasteiger partial charge in [0, 0.05) is 5.56 Å². The predicted octanol–water partition coefficient (Wildman–Crippen LogP) is 2.98. The number of nitriles is 1. The van der Waals surface area contributed by atoms with Crippen molar-refractivity contribution in [3.8, 4) is 6.07 Å². The summed E-state index contributed by atoms with van der Waals surface area (Å²) in [5, 5.41) is 8.65. The quantitative estimate of drug-likeness (QED) is 0.688. The molecule has 0 amide bonds. The molecular formula is C10H9F2N. The highest BCUT2D eigenvalue weighted by atomic mass is 19.1. The maximum absolute atomic E-state index is 13.1. The molecule has 0 saturated carbocycles. The van der Waals surface area contributed by atoms with Crippen molar-refractivity contribution in [2.45, 2.75) is 19.3 Å². The van der Waals surface area contributed by atoms with Gasteiger partial charge in [0.2, 0.25) is 0 Å². The molecular weight excluding hydrogens is 172 g/mol. The van der Waals surface area contributed by atoms with Gasteiger partial charge in [-0.1, -0.05) is 13.0 Å². The molecule has 0 N–H and O–H groups in total. The Morgan fingerprint density at radius 1 is 1.38 bits per heavy atom. The van der Waals surface area contributed by atoms with Crippen molar-refractivity contribution in [2.24, 2.45) is 0 Å². The van der Waals surface area contributed by atoms with Crippen LogP contribution in [0.3, 0.4) is 0 Å². The van der Waals surface area contributed by atoms with E-state index in [1.165, 1.54) is 18.2 Å². The Morgan fingerprint density at radius 2 is 1.92 bits per heavy atom. The molecule has 0 spiro atoms. The highest BCUT2D eigenvalue weighted by molar-refractivity contribution is 5.27. The molecule has 0 fully saturated rings. The van der Waals surface area contributed by atoms with Crippen LogP contribution >= 0.6 is 0 Å². The van der Waals surface area contributed by atoms with Crippen molar-refractivity contribution in [1.29, 1.82) is 5.26 Å². The Labute approximate surface area is 75.6 Å². The van der Waals surface area contributed by atoms with Crippen molar-refractivity contribution in [3.63, 3.8) is 0 Å². The van der Waals surface area contributed by atoms with E-state index in [1.54, 1.807) is 6.92 Å². The summed E-state index contributed by atoms with van der Waals surface area (Å²) in [5.74, 6) is -1.98. The van der Waals surface area contributed by atoms with Gasteiger partial charge in [0.15, 0.2) is 0 Å². The van der Waals surface area contributed by atoms with Crippen LogP contribution in [-0.2, 0) is 0 Å². The van der Waals surface area contributed by atoms with E-state index in [9.17, 15) is 8.78 Å².